The third kappa shape index (κ3) is 3.85. The zero-order chi connectivity index (χ0) is 13.7. The zero-order valence-electron chi connectivity index (χ0n) is 10.8. The monoisotopic (exact) mass is 257 g/mol. The fourth-order valence-electron chi connectivity index (χ4n) is 1.72. The second kappa shape index (κ2) is 6.05. The van der Waals surface area contributed by atoms with Crippen LogP contribution >= 0.6 is 0 Å². The zero-order valence-corrected chi connectivity index (χ0v) is 10.8. The topological polar surface area (TPSA) is 35.2 Å². The summed E-state index contributed by atoms with van der Waals surface area (Å²) in [5.74, 6) is -0.137. The van der Waals surface area contributed by atoms with Crippen LogP contribution < -0.4 is 10.5 Å². The fourth-order valence-corrected chi connectivity index (χ4v) is 1.72. The summed E-state index contributed by atoms with van der Waals surface area (Å²) >= 11 is 0. The highest BCUT2D eigenvalue weighted by molar-refractivity contribution is 5.54. The predicted molar refractivity (Wildman–Crippen MR) is 75.0 cm³/mol. The van der Waals surface area contributed by atoms with E-state index in [1.54, 1.807) is 25.1 Å². The first-order valence-corrected chi connectivity index (χ1v) is 6.05. The lowest BCUT2D eigenvalue weighted by molar-refractivity contribution is 0.290. The molecule has 2 aromatic rings. The molecule has 0 unspecified atom stereocenters. The van der Waals surface area contributed by atoms with Crippen molar-refractivity contribution < 1.29 is 9.13 Å². The van der Waals surface area contributed by atoms with Crippen LogP contribution in [-0.2, 0) is 6.61 Å². The van der Waals surface area contributed by atoms with Gasteiger partial charge in [-0.3, -0.25) is 0 Å². The number of benzene rings is 2. The van der Waals surface area contributed by atoms with Gasteiger partial charge in [-0.15, -0.1) is 0 Å². The number of hydrogen-bond acceptors (Lipinski definition) is 2. The molecule has 0 aliphatic carbocycles. The Morgan fingerprint density at radius 1 is 1.21 bits per heavy atom. The number of rotatable bonds is 4. The fraction of sp³-hybridized carbons (Fsp3) is 0.125. The van der Waals surface area contributed by atoms with Crippen LogP contribution in [0.3, 0.4) is 0 Å². The Morgan fingerprint density at radius 3 is 2.63 bits per heavy atom. The van der Waals surface area contributed by atoms with Gasteiger partial charge in [0.25, 0.3) is 0 Å². The molecule has 0 heterocycles. The lowest BCUT2D eigenvalue weighted by Gasteiger charge is -2.08. The highest BCUT2D eigenvalue weighted by atomic mass is 19.1. The van der Waals surface area contributed by atoms with Crippen LogP contribution in [0.2, 0.25) is 0 Å². The lowest BCUT2D eigenvalue weighted by atomic mass is 10.2. The first-order chi connectivity index (χ1) is 9.15. The van der Waals surface area contributed by atoms with Crippen LogP contribution in [0.5, 0.6) is 5.75 Å². The summed E-state index contributed by atoms with van der Waals surface area (Å²) in [6.07, 6.45) is 1.77. The van der Waals surface area contributed by atoms with Crippen LogP contribution in [0, 0.1) is 5.82 Å². The Bertz CT molecular complexity index is 575. The highest BCUT2D eigenvalue weighted by Crippen LogP contribution is 2.21. The van der Waals surface area contributed by atoms with Gasteiger partial charge in [-0.2, -0.15) is 0 Å². The van der Waals surface area contributed by atoms with E-state index in [4.69, 9.17) is 10.5 Å². The smallest absolute Gasteiger partial charge is 0.165 e. The maximum Gasteiger partial charge on any atom is 0.165 e. The maximum absolute atomic E-state index is 13.6. The number of nitrogens with two attached hydrogens (primary N) is 1. The van der Waals surface area contributed by atoms with E-state index in [0.29, 0.717) is 12.3 Å². The quantitative estimate of drug-likeness (QED) is 0.905. The number of hydrogen-bond donors (Lipinski definition) is 1. The third-order valence-corrected chi connectivity index (χ3v) is 2.59. The van der Waals surface area contributed by atoms with E-state index in [9.17, 15) is 4.39 Å². The molecule has 3 heteroatoms. The van der Waals surface area contributed by atoms with Crippen LogP contribution in [0.15, 0.2) is 54.2 Å². The molecule has 0 amide bonds. The Kier molecular flexibility index (Phi) is 4.18. The Morgan fingerprint density at radius 2 is 1.95 bits per heavy atom. The number of halogens is 1. The third-order valence-electron chi connectivity index (χ3n) is 2.59. The van der Waals surface area contributed by atoms with E-state index in [-0.39, 0.29) is 11.6 Å². The molecular formula is C16H16FNO. The standard InChI is InChI=1S/C16H16FNO/c1-12(18)9-14-7-8-15(17)16(10-14)19-11-13-5-3-2-4-6-13/h2-10H,11,18H2,1H3/b12-9-. The molecule has 0 spiro atoms. The van der Waals surface area contributed by atoms with Crippen molar-refractivity contribution in [1.82, 2.24) is 0 Å². The van der Waals surface area contributed by atoms with Crippen molar-refractivity contribution >= 4 is 6.08 Å². The summed E-state index contributed by atoms with van der Waals surface area (Å²) in [6.45, 7) is 2.13. The van der Waals surface area contributed by atoms with Gasteiger partial charge in [0.2, 0.25) is 0 Å². The van der Waals surface area contributed by atoms with Crippen molar-refractivity contribution in [2.75, 3.05) is 0 Å². The minimum atomic E-state index is -0.372. The van der Waals surface area contributed by atoms with Gasteiger partial charge in [0.1, 0.15) is 6.61 Å². The predicted octanol–water partition coefficient (Wildman–Crippen LogP) is 3.72. The first-order valence-electron chi connectivity index (χ1n) is 6.05. The summed E-state index contributed by atoms with van der Waals surface area (Å²) in [5.41, 5.74) is 8.09. The summed E-state index contributed by atoms with van der Waals surface area (Å²) in [4.78, 5) is 0. The van der Waals surface area contributed by atoms with E-state index >= 15 is 0 Å². The molecule has 0 aliphatic rings. The van der Waals surface area contributed by atoms with Crippen molar-refractivity contribution in [2.24, 2.45) is 5.73 Å². The van der Waals surface area contributed by atoms with Crippen molar-refractivity contribution in [3.8, 4) is 5.75 Å². The maximum atomic E-state index is 13.6. The molecule has 0 aliphatic heterocycles. The minimum Gasteiger partial charge on any atom is -0.486 e. The summed E-state index contributed by atoms with van der Waals surface area (Å²) in [5, 5.41) is 0. The lowest BCUT2D eigenvalue weighted by Crippen LogP contribution is -1.98. The van der Waals surface area contributed by atoms with E-state index in [2.05, 4.69) is 0 Å². The van der Waals surface area contributed by atoms with Gasteiger partial charge in [0.05, 0.1) is 0 Å². The molecule has 2 N–H and O–H groups in total. The average Bonchev–Trinajstić information content (AvgIpc) is 2.40. The molecule has 0 saturated heterocycles. The highest BCUT2D eigenvalue weighted by Gasteiger charge is 2.04. The molecule has 0 atom stereocenters. The second-order valence-electron chi connectivity index (χ2n) is 4.35. The number of allylic oxidation sites excluding steroid dienone is 1. The van der Waals surface area contributed by atoms with E-state index < -0.39 is 0 Å². The molecule has 0 radical (unpaired) electrons. The summed E-state index contributed by atoms with van der Waals surface area (Å²) in [7, 11) is 0. The van der Waals surface area contributed by atoms with Crippen LogP contribution in [0.1, 0.15) is 18.1 Å². The summed E-state index contributed by atoms with van der Waals surface area (Å²) < 4.78 is 19.1. The van der Waals surface area contributed by atoms with Crippen LogP contribution in [-0.4, -0.2) is 0 Å². The largest absolute Gasteiger partial charge is 0.486 e. The Labute approximate surface area is 112 Å². The second-order valence-corrected chi connectivity index (χ2v) is 4.35. The molecule has 0 saturated carbocycles. The van der Waals surface area contributed by atoms with Gasteiger partial charge in [-0.25, -0.2) is 4.39 Å². The Hall–Kier alpha value is -2.29. The van der Waals surface area contributed by atoms with Crippen molar-refractivity contribution in [3.05, 3.63) is 71.2 Å². The van der Waals surface area contributed by atoms with E-state index in [1.807, 2.05) is 30.3 Å². The van der Waals surface area contributed by atoms with Gasteiger partial charge in [0, 0.05) is 5.70 Å². The van der Waals surface area contributed by atoms with Crippen molar-refractivity contribution in [1.29, 1.82) is 0 Å². The Balaban J connectivity index is 2.13. The summed E-state index contributed by atoms with van der Waals surface area (Å²) in [6, 6.07) is 14.3. The van der Waals surface area contributed by atoms with Gasteiger partial charge < -0.3 is 10.5 Å². The molecule has 0 bridgehead atoms. The SMILES string of the molecule is C/C(N)=C/c1ccc(F)c(OCc2ccccc2)c1. The van der Waals surface area contributed by atoms with Crippen molar-refractivity contribution in [2.45, 2.75) is 13.5 Å². The molecule has 2 nitrogen and oxygen atoms in total. The van der Waals surface area contributed by atoms with Gasteiger partial charge >= 0.3 is 0 Å². The van der Waals surface area contributed by atoms with Crippen molar-refractivity contribution in [3.63, 3.8) is 0 Å². The normalized spacial score (nSPS) is 11.4. The molecule has 98 valence electrons. The molecule has 0 fully saturated rings. The molecule has 19 heavy (non-hydrogen) atoms. The van der Waals surface area contributed by atoms with Gasteiger partial charge in [0.15, 0.2) is 11.6 Å². The molecule has 0 aromatic heterocycles. The van der Waals surface area contributed by atoms with E-state index in [1.165, 1.54) is 6.07 Å². The average molecular weight is 257 g/mol. The van der Waals surface area contributed by atoms with Gasteiger partial charge in [-0.1, -0.05) is 36.4 Å². The molecule has 2 aromatic carbocycles. The molecular weight excluding hydrogens is 241 g/mol. The van der Waals surface area contributed by atoms with Crippen LogP contribution in [0.25, 0.3) is 6.08 Å². The first kappa shape index (κ1) is 13.1. The number of ether oxygens (including phenoxy) is 1. The van der Waals surface area contributed by atoms with E-state index in [0.717, 1.165) is 11.1 Å². The van der Waals surface area contributed by atoms with Crippen LogP contribution in [0.4, 0.5) is 4.39 Å². The van der Waals surface area contributed by atoms with Gasteiger partial charge in [-0.05, 0) is 36.3 Å². The minimum absolute atomic E-state index is 0.235. The molecule has 2 rings (SSSR count).